The molecule has 1 aromatic rings. The summed E-state index contributed by atoms with van der Waals surface area (Å²) < 4.78 is 5.05. The minimum atomic E-state index is -1.22. The van der Waals surface area contributed by atoms with Crippen LogP contribution in [0.5, 0.6) is 5.75 Å². The van der Waals surface area contributed by atoms with Gasteiger partial charge in [-0.3, -0.25) is 0 Å². The number of nitrogens with two attached hydrogens (primary N) is 1. The SMILES string of the molecule is COc1ccc(N)cc1C(O)C(O)CN=[N+]=[N-]. The molecule has 0 bridgehead atoms. The summed E-state index contributed by atoms with van der Waals surface area (Å²) in [6.45, 7) is -0.227. The number of rotatable bonds is 5. The number of ether oxygens (including phenoxy) is 1. The van der Waals surface area contributed by atoms with Crippen molar-refractivity contribution in [3.63, 3.8) is 0 Å². The molecule has 0 spiro atoms. The normalized spacial score (nSPS) is 13.6. The highest BCUT2D eigenvalue weighted by atomic mass is 16.5. The molecule has 7 heteroatoms. The number of hydrogen-bond donors (Lipinski definition) is 3. The Morgan fingerprint density at radius 3 is 2.82 bits per heavy atom. The zero-order valence-electron chi connectivity index (χ0n) is 9.32. The van der Waals surface area contributed by atoms with Crippen LogP contribution in [0.3, 0.4) is 0 Å². The molecule has 0 aliphatic rings. The van der Waals surface area contributed by atoms with Crippen molar-refractivity contribution in [3.05, 3.63) is 34.2 Å². The number of methoxy groups -OCH3 is 1. The first-order valence-electron chi connectivity index (χ1n) is 4.90. The lowest BCUT2D eigenvalue weighted by Gasteiger charge is -2.19. The molecule has 0 heterocycles. The highest BCUT2D eigenvalue weighted by Crippen LogP contribution is 2.29. The van der Waals surface area contributed by atoms with Crippen LogP contribution in [0.1, 0.15) is 11.7 Å². The van der Waals surface area contributed by atoms with E-state index in [9.17, 15) is 10.2 Å². The van der Waals surface area contributed by atoms with Crippen LogP contribution in [0.25, 0.3) is 10.4 Å². The second-order valence-corrected chi connectivity index (χ2v) is 3.43. The van der Waals surface area contributed by atoms with Gasteiger partial charge in [0.15, 0.2) is 0 Å². The van der Waals surface area contributed by atoms with Crippen LogP contribution >= 0.6 is 0 Å². The van der Waals surface area contributed by atoms with Gasteiger partial charge in [-0.1, -0.05) is 5.11 Å². The molecule has 92 valence electrons. The Kier molecular flexibility index (Phi) is 4.59. The lowest BCUT2D eigenvalue weighted by Crippen LogP contribution is -2.21. The number of hydrogen-bond acceptors (Lipinski definition) is 5. The number of nitrogens with zero attached hydrogens (tertiary/aromatic N) is 3. The van der Waals surface area contributed by atoms with Crippen molar-refractivity contribution in [3.8, 4) is 5.75 Å². The van der Waals surface area contributed by atoms with E-state index in [0.717, 1.165) is 0 Å². The number of benzene rings is 1. The molecule has 0 radical (unpaired) electrons. The third kappa shape index (κ3) is 3.25. The second kappa shape index (κ2) is 5.95. The Bertz CT molecular complexity index is 432. The largest absolute Gasteiger partial charge is 0.496 e. The highest BCUT2D eigenvalue weighted by molar-refractivity contribution is 5.49. The highest BCUT2D eigenvalue weighted by Gasteiger charge is 2.21. The summed E-state index contributed by atoms with van der Waals surface area (Å²) in [5, 5.41) is 22.7. The van der Waals surface area contributed by atoms with Crippen molar-refractivity contribution in [2.75, 3.05) is 19.4 Å². The maximum Gasteiger partial charge on any atom is 0.124 e. The summed E-state index contributed by atoms with van der Waals surface area (Å²) in [7, 11) is 1.45. The van der Waals surface area contributed by atoms with Gasteiger partial charge in [0.25, 0.3) is 0 Å². The molecular weight excluding hydrogens is 224 g/mol. The van der Waals surface area contributed by atoms with Crippen LogP contribution < -0.4 is 10.5 Å². The zero-order valence-corrected chi connectivity index (χ0v) is 9.32. The molecule has 1 aromatic carbocycles. The van der Waals surface area contributed by atoms with Crippen molar-refractivity contribution >= 4 is 5.69 Å². The first kappa shape index (κ1) is 13.1. The summed E-state index contributed by atoms with van der Waals surface area (Å²) in [6.07, 6.45) is -2.43. The fraction of sp³-hybridized carbons (Fsp3) is 0.400. The first-order valence-corrected chi connectivity index (χ1v) is 4.90. The van der Waals surface area contributed by atoms with Crippen molar-refractivity contribution in [2.45, 2.75) is 12.2 Å². The summed E-state index contributed by atoms with van der Waals surface area (Å²) in [6, 6.07) is 4.71. The summed E-state index contributed by atoms with van der Waals surface area (Å²) in [5.74, 6) is 0.409. The maximum absolute atomic E-state index is 9.88. The summed E-state index contributed by atoms with van der Waals surface area (Å²) >= 11 is 0. The van der Waals surface area contributed by atoms with Gasteiger partial charge in [-0.25, -0.2) is 0 Å². The van der Waals surface area contributed by atoms with Gasteiger partial charge in [0, 0.05) is 16.2 Å². The average Bonchev–Trinajstić information content (AvgIpc) is 2.34. The van der Waals surface area contributed by atoms with Crippen LogP contribution in [0, 0.1) is 0 Å². The molecule has 2 atom stereocenters. The molecule has 0 aliphatic heterocycles. The van der Waals surface area contributed by atoms with Gasteiger partial charge in [-0.2, -0.15) is 0 Å². The van der Waals surface area contributed by atoms with E-state index in [4.69, 9.17) is 16.0 Å². The van der Waals surface area contributed by atoms with Crippen LogP contribution in [0.15, 0.2) is 23.3 Å². The molecule has 1 rings (SSSR count). The molecule has 0 saturated heterocycles. The quantitative estimate of drug-likeness (QED) is 0.306. The predicted octanol–water partition coefficient (Wildman–Crippen LogP) is 0.982. The van der Waals surface area contributed by atoms with Crippen molar-refractivity contribution < 1.29 is 14.9 Å². The van der Waals surface area contributed by atoms with Gasteiger partial charge in [-0.05, 0) is 23.7 Å². The minimum absolute atomic E-state index is 0.227. The molecular formula is C10H14N4O3. The monoisotopic (exact) mass is 238 g/mol. The van der Waals surface area contributed by atoms with Gasteiger partial charge >= 0.3 is 0 Å². The molecule has 0 fully saturated rings. The lowest BCUT2D eigenvalue weighted by molar-refractivity contribution is 0.0230. The Hall–Kier alpha value is -1.95. The Balaban J connectivity index is 2.97. The van der Waals surface area contributed by atoms with Crippen molar-refractivity contribution in [2.24, 2.45) is 5.11 Å². The van der Waals surface area contributed by atoms with Crippen LogP contribution in [0.4, 0.5) is 5.69 Å². The summed E-state index contributed by atoms with van der Waals surface area (Å²) in [4.78, 5) is 2.51. The van der Waals surface area contributed by atoms with E-state index < -0.39 is 12.2 Å². The Morgan fingerprint density at radius 2 is 2.24 bits per heavy atom. The molecule has 2 unspecified atom stereocenters. The number of anilines is 1. The number of azide groups is 1. The second-order valence-electron chi connectivity index (χ2n) is 3.43. The van der Waals surface area contributed by atoms with Gasteiger partial charge in [-0.15, -0.1) is 0 Å². The third-order valence-electron chi connectivity index (χ3n) is 2.27. The minimum Gasteiger partial charge on any atom is -0.496 e. The Labute approximate surface area is 98.1 Å². The zero-order chi connectivity index (χ0) is 12.8. The van der Waals surface area contributed by atoms with Crippen molar-refractivity contribution in [1.29, 1.82) is 0 Å². The van der Waals surface area contributed by atoms with E-state index in [1.807, 2.05) is 0 Å². The van der Waals surface area contributed by atoms with E-state index in [1.54, 1.807) is 12.1 Å². The van der Waals surface area contributed by atoms with E-state index >= 15 is 0 Å². The first-order chi connectivity index (χ1) is 8.10. The average molecular weight is 238 g/mol. The smallest absolute Gasteiger partial charge is 0.124 e. The molecule has 4 N–H and O–H groups in total. The van der Waals surface area contributed by atoms with Gasteiger partial charge in [0.2, 0.25) is 0 Å². The number of aliphatic hydroxyl groups excluding tert-OH is 2. The third-order valence-corrected chi connectivity index (χ3v) is 2.27. The fourth-order valence-electron chi connectivity index (χ4n) is 1.41. The molecule has 0 saturated carbocycles. The van der Waals surface area contributed by atoms with E-state index in [2.05, 4.69) is 10.0 Å². The molecule has 0 aromatic heterocycles. The van der Waals surface area contributed by atoms with Gasteiger partial charge in [0.1, 0.15) is 11.9 Å². The summed E-state index contributed by atoms with van der Waals surface area (Å²) in [5.41, 5.74) is 14.5. The number of nitrogen functional groups attached to an aromatic ring is 1. The molecule has 0 amide bonds. The van der Waals surface area contributed by atoms with Crippen LogP contribution in [-0.4, -0.2) is 30.0 Å². The van der Waals surface area contributed by atoms with E-state index in [1.165, 1.54) is 13.2 Å². The maximum atomic E-state index is 9.88. The Morgan fingerprint density at radius 1 is 1.53 bits per heavy atom. The molecule has 0 aliphatic carbocycles. The van der Waals surface area contributed by atoms with Crippen LogP contribution in [-0.2, 0) is 0 Å². The van der Waals surface area contributed by atoms with Gasteiger partial charge < -0.3 is 20.7 Å². The van der Waals surface area contributed by atoms with Crippen LogP contribution in [0.2, 0.25) is 0 Å². The standard InChI is InChI=1S/C10H14N4O3/c1-17-9-3-2-6(11)4-7(9)10(16)8(15)5-13-14-12/h2-4,8,10,15-16H,5,11H2,1H3. The topological polar surface area (TPSA) is 124 Å². The lowest BCUT2D eigenvalue weighted by atomic mass is 10.0. The predicted molar refractivity (Wildman–Crippen MR) is 62.4 cm³/mol. The molecule has 7 nitrogen and oxygen atoms in total. The van der Waals surface area contributed by atoms with Crippen molar-refractivity contribution in [1.82, 2.24) is 0 Å². The fourth-order valence-corrected chi connectivity index (χ4v) is 1.41. The van der Waals surface area contributed by atoms with E-state index in [0.29, 0.717) is 17.0 Å². The van der Waals surface area contributed by atoms with Gasteiger partial charge in [0.05, 0.1) is 19.8 Å². The van der Waals surface area contributed by atoms with E-state index in [-0.39, 0.29) is 6.54 Å². The molecule has 17 heavy (non-hydrogen) atoms. The number of aliphatic hydroxyl groups is 2.